The molecular formula is C16H19N3O2. The van der Waals surface area contributed by atoms with Crippen molar-refractivity contribution >= 4 is 28.7 Å². The summed E-state index contributed by atoms with van der Waals surface area (Å²) in [5.74, 6) is -0.401. The first-order valence-corrected chi connectivity index (χ1v) is 6.54. The van der Waals surface area contributed by atoms with Crippen molar-refractivity contribution in [3.63, 3.8) is 0 Å². The maximum atomic E-state index is 11.5. The third-order valence-electron chi connectivity index (χ3n) is 3.13. The third kappa shape index (κ3) is 3.25. The SMILES string of the molecule is COC(=O)c1ccc(Nc2ccccc2N(C)C)c(N)c1. The minimum atomic E-state index is -0.401. The molecule has 0 aliphatic rings. The van der Waals surface area contributed by atoms with Crippen LogP contribution >= 0.6 is 0 Å². The summed E-state index contributed by atoms with van der Waals surface area (Å²) in [6.45, 7) is 0. The molecular weight excluding hydrogens is 266 g/mol. The largest absolute Gasteiger partial charge is 0.465 e. The minimum absolute atomic E-state index is 0.401. The third-order valence-corrected chi connectivity index (χ3v) is 3.13. The second-order valence-electron chi connectivity index (χ2n) is 4.83. The fraction of sp³-hybridized carbons (Fsp3) is 0.188. The monoisotopic (exact) mass is 285 g/mol. The highest BCUT2D eigenvalue weighted by Crippen LogP contribution is 2.30. The highest BCUT2D eigenvalue weighted by molar-refractivity contribution is 5.92. The second-order valence-corrected chi connectivity index (χ2v) is 4.83. The van der Waals surface area contributed by atoms with Crippen LogP contribution in [0.15, 0.2) is 42.5 Å². The van der Waals surface area contributed by atoms with Gasteiger partial charge in [0.1, 0.15) is 0 Å². The Hall–Kier alpha value is -2.69. The smallest absolute Gasteiger partial charge is 0.337 e. The van der Waals surface area contributed by atoms with Crippen LogP contribution in [0.1, 0.15) is 10.4 Å². The summed E-state index contributed by atoms with van der Waals surface area (Å²) in [6, 6.07) is 13.0. The molecule has 21 heavy (non-hydrogen) atoms. The molecule has 0 atom stereocenters. The zero-order valence-corrected chi connectivity index (χ0v) is 12.4. The molecule has 5 heteroatoms. The molecule has 0 spiro atoms. The molecule has 2 aromatic rings. The molecule has 0 aliphatic heterocycles. The van der Waals surface area contributed by atoms with Gasteiger partial charge >= 0.3 is 5.97 Å². The van der Waals surface area contributed by atoms with E-state index >= 15 is 0 Å². The first kappa shape index (κ1) is 14.7. The van der Waals surface area contributed by atoms with Gasteiger partial charge in [-0.3, -0.25) is 0 Å². The highest BCUT2D eigenvalue weighted by Gasteiger charge is 2.10. The summed E-state index contributed by atoms with van der Waals surface area (Å²) in [7, 11) is 5.30. The fourth-order valence-corrected chi connectivity index (χ4v) is 2.04. The van der Waals surface area contributed by atoms with Crippen molar-refractivity contribution in [3.05, 3.63) is 48.0 Å². The Morgan fingerprint density at radius 3 is 2.48 bits per heavy atom. The number of carbonyl (C=O) groups excluding carboxylic acids is 1. The number of nitrogens with two attached hydrogens (primary N) is 1. The van der Waals surface area contributed by atoms with E-state index in [-0.39, 0.29) is 0 Å². The van der Waals surface area contributed by atoms with Crippen LogP contribution in [-0.2, 0) is 4.74 Å². The van der Waals surface area contributed by atoms with E-state index in [1.54, 1.807) is 18.2 Å². The molecule has 0 aromatic heterocycles. The Balaban J connectivity index is 2.31. The number of nitrogen functional groups attached to an aromatic ring is 1. The molecule has 0 aliphatic carbocycles. The Morgan fingerprint density at radius 2 is 1.86 bits per heavy atom. The van der Waals surface area contributed by atoms with Gasteiger partial charge in [0.05, 0.1) is 35.4 Å². The van der Waals surface area contributed by atoms with Crippen LogP contribution < -0.4 is 16.0 Å². The van der Waals surface area contributed by atoms with E-state index in [4.69, 9.17) is 5.73 Å². The highest BCUT2D eigenvalue weighted by atomic mass is 16.5. The molecule has 0 heterocycles. The number of rotatable bonds is 4. The van der Waals surface area contributed by atoms with Crippen molar-refractivity contribution in [2.24, 2.45) is 0 Å². The molecule has 0 unspecified atom stereocenters. The zero-order chi connectivity index (χ0) is 15.4. The van der Waals surface area contributed by atoms with Gasteiger partial charge in [-0.15, -0.1) is 0 Å². The number of hydrogen-bond donors (Lipinski definition) is 2. The van der Waals surface area contributed by atoms with E-state index in [0.717, 1.165) is 17.1 Å². The van der Waals surface area contributed by atoms with Crippen LogP contribution in [-0.4, -0.2) is 27.2 Å². The molecule has 0 bridgehead atoms. The molecule has 0 saturated carbocycles. The predicted octanol–water partition coefficient (Wildman–Crippen LogP) is 2.87. The maximum Gasteiger partial charge on any atom is 0.337 e. The Morgan fingerprint density at radius 1 is 1.14 bits per heavy atom. The van der Waals surface area contributed by atoms with Crippen molar-refractivity contribution in [2.45, 2.75) is 0 Å². The first-order chi connectivity index (χ1) is 10.0. The van der Waals surface area contributed by atoms with Gasteiger partial charge in [0.25, 0.3) is 0 Å². The Labute approximate surface area is 124 Å². The number of benzene rings is 2. The van der Waals surface area contributed by atoms with Gasteiger partial charge < -0.3 is 20.7 Å². The average Bonchev–Trinajstić information content (AvgIpc) is 2.48. The van der Waals surface area contributed by atoms with Gasteiger partial charge in [0.15, 0.2) is 0 Å². The van der Waals surface area contributed by atoms with Gasteiger partial charge in [0.2, 0.25) is 0 Å². The van der Waals surface area contributed by atoms with Gasteiger partial charge in [0, 0.05) is 14.1 Å². The molecule has 0 amide bonds. The predicted molar refractivity (Wildman–Crippen MR) is 86.2 cm³/mol. The normalized spacial score (nSPS) is 10.0. The van der Waals surface area contributed by atoms with E-state index in [1.165, 1.54) is 7.11 Å². The molecule has 0 saturated heterocycles. The first-order valence-electron chi connectivity index (χ1n) is 6.54. The number of methoxy groups -OCH3 is 1. The molecule has 3 N–H and O–H groups in total. The molecule has 2 aromatic carbocycles. The van der Waals surface area contributed by atoms with Gasteiger partial charge in [-0.1, -0.05) is 12.1 Å². The summed E-state index contributed by atoms with van der Waals surface area (Å²) in [5, 5.41) is 3.29. The second kappa shape index (κ2) is 6.17. The molecule has 110 valence electrons. The van der Waals surface area contributed by atoms with Crippen LogP contribution in [0.5, 0.6) is 0 Å². The van der Waals surface area contributed by atoms with Crippen molar-refractivity contribution in [2.75, 3.05) is 37.2 Å². The molecule has 0 radical (unpaired) electrons. The van der Waals surface area contributed by atoms with E-state index in [0.29, 0.717) is 11.3 Å². The number of anilines is 4. The summed E-state index contributed by atoms with van der Waals surface area (Å²) in [4.78, 5) is 13.5. The van der Waals surface area contributed by atoms with Crippen LogP contribution in [0.2, 0.25) is 0 Å². The Bertz CT molecular complexity index is 654. The fourth-order valence-electron chi connectivity index (χ4n) is 2.04. The van der Waals surface area contributed by atoms with Gasteiger partial charge in [-0.25, -0.2) is 4.79 Å². The number of carbonyl (C=O) groups is 1. The lowest BCUT2D eigenvalue weighted by Crippen LogP contribution is -2.11. The van der Waals surface area contributed by atoms with Gasteiger partial charge in [-0.2, -0.15) is 0 Å². The van der Waals surface area contributed by atoms with Gasteiger partial charge in [-0.05, 0) is 30.3 Å². The summed E-state index contributed by atoms with van der Waals surface area (Å²) in [5.41, 5.74) is 9.67. The van der Waals surface area contributed by atoms with Crippen molar-refractivity contribution in [1.82, 2.24) is 0 Å². The zero-order valence-electron chi connectivity index (χ0n) is 12.4. The van der Waals surface area contributed by atoms with E-state index in [2.05, 4.69) is 10.1 Å². The lowest BCUT2D eigenvalue weighted by atomic mass is 10.1. The Kier molecular flexibility index (Phi) is 4.33. The number of hydrogen-bond acceptors (Lipinski definition) is 5. The lowest BCUT2D eigenvalue weighted by Gasteiger charge is -2.19. The topological polar surface area (TPSA) is 67.6 Å². The number of nitrogens with zero attached hydrogens (tertiary/aromatic N) is 1. The minimum Gasteiger partial charge on any atom is -0.465 e. The number of nitrogens with one attached hydrogen (secondary N) is 1. The summed E-state index contributed by atoms with van der Waals surface area (Å²) >= 11 is 0. The number of esters is 1. The average molecular weight is 285 g/mol. The maximum absolute atomic E-state index is 11.5. The molecule has 0 fully saturated rings. The van der Waals surface area contributed by atoms with Crippen LogP contribution in [0, 0.1) is 0 Å². The number of para-hydroxylation sites is 2. The molecule has 2 rings (SSSR count). The van der Waals surface area contributed by atoms with Crippen LogP contribution in [0.25, 0.3) is 0 Å². The lowest BCUT2D eigenvalue weighted by molar-refractivity contribution is 0.0601. The molecule has 5 nitrogen and oxygen atoms in total. The van der Waals surface area contributed by atoms with Crippen molar-refractivity contribution in [3.8, 4) is 0 Å². The quantitative estimate of drug-likeness (QED) is 0.668. The van der Waals surface area contributed by atoms with E-state index in [9.17, 15) is 4.79 Å². The number of ether oxygens (including phenoxy) is 1. The van der Waals surface area contributed by atoms with Crippen LogP contribution in [0.4, 0.5) is 22.7 Å². The summed E-state index contributed by atoms with van der Waals surface area (Å²) < 4.78 is 4.68. The van der Waals surface area contributed by atoms with E-state index < -0.39 is 5.97 Å². The van der Waals surface area contributed by atoms with Crippen molar-refractivity contribution < 1.29 is 9.53 Å². The standard InChI is InChI=1S/C16H19N3O2/c1-19(2)15-7-5-4-6-14(15)18-13-9-8-11(10-12(13)17)16(20)21-3/h4-10,18H,17H2,1-3H3. The van der Waals surface area contributed by atoms with Crippen molar-refractivity contribution in [1.29, 1.82) is 0 Å². The van der Waals surface area contributed by atoms with E-state index in [1.807, 2.05) is 43.3 Å². The van der Waals surface area contributed by atoms with Crippen LogP contribution in [0.3, 0.4) is 0 Å². The summed E-state index contributed by atoms with van der Waals surface area (Å²) in [6.07, 6.45) is 0.